The van der Waals surface area contributed by atoms with Gasteiger partial charge in [-0.05, 0) is 53.7 Å². The first-order chi connectivity index (χ1) is 10.6. The van der Waals surface area contributed by atoms with Gasteiger partial charge >= 0.3 is 0 Å². The lowest BCUT2D eigenvalue weighted by atomic mass is 9.60. The van der Waals surface area contributed by atoms with E-state index in [4.69, 9.17) is 11.6 Å². The summed E-state index contributed by atoms with van der Waals surface area (Å²) in [5.41, 5.74) is 5.02. The number of allylic oxidation sites excluding steroid dienone is 2. The van der Waals surface area contributed by atoms with Gasteiger partial charge < -0.3 is 0 Å². The topological polar surface area (TPSA) is 17.1 Å². The maximum absolute atomic E-state index is 12.0. The molecule has 2 aromatic carbocycles. The predicted octanol–water partition coefficient (Wildman–Crippen LogP) is 5.22. The Labute approximate surface area is 135 Å². The summed E-state index contributed by atoms with van der Waals surface area (Å²) in [5, 5.41) is 0.769. The summed E-state index contributed by atoms with van der Waals surface area (Å²) in [6, 6.07) is 16.7. The van der Waals surface area contributed by atoms with Gasteiger partial charge in [-0.25, -0.2) is 0 Å². The van der Waals surface area contributed by atoms with Crippen molar-refractivity contribution in [1.82, 2.24) is 0 Å². The molecule has 2 heteroatoms. The number of hydrogen-bond acceptors (Lipinski definition) is 1. The summed E-state index contributed by atoms with van der Waals surface area (Å²) in [6.07, 6.45) is 3.22. The molecular weight excluding hydrogens is 292 g/mol. The maximum Gasteiger partial charge on any atom is 0.156 e. The van der Waals surface area contributed by atoms with Gasteiger partial charge in [-0.2, -0.15) is 0 Å². The minimum Gasteiger partial charge on any atom is -0.295 e. The molecule has 0 fully saturated rings. The van der Waals surface area contributed by atoms with Crippen LogP contribution in [0.25, 0.3) is 0 Å². The first-order valence-corrected chi connectivity index (χ1v) is 8.10. The zero-order valence-corrected chi connectivity index (χ0v) is 13.2. The number of hydrogen-bond donors (Lipinski definition) is 0. The van der Waals surface area contributed by atoms with Crippen LogP contribution >= 0.6 is 11.6 Å². The first-order valence-electron chi connectivity index (χ1n) is 7.72. The SMILES string of the molecule is CC(=O)C1=CC2c3ccccc3C1CC2c1ccc(Cl)cc1. The molecule has 0 radical (unpaired) electrons. The Morgan fingerprint density at radius 3 is 2.41 bits per heavy atom. The lowest BCUT2D eigenvalue weighted by Gasteiger charge is -2.43. The molecule has 22 heavy (non-hydrogen) atoms. The second kappa shape index (κ2) is 5.10. The number of benzene rings is 2. The van der Waals surface area contributed by atoms with Gasteiger partial charge in [0, 0.05) is 16.9 Å². The fraction of sp³-hybridized carbons (Fsp3) is 0.250. The number of halogens is 1. The second-order valence-corrected chi connectivity index (χ2v) is 6.72. The lowest BCUT2D eigenvalue weighted by molar-refractivity contribution is -0.114. The van der Waals surface area contributed by atoms with E-state index < -0.39 is 0 Å². The summed E-state index contributed by atoms with van der Waals surface area (Å²) in [5.74, 6) is 1.17. The van der Waals surface area contributed by atoms with Gasteiger partial charge in [0.2, 0.25) is 0 Å². The second-order valence-electron chi connectivity index (χ2n) is 6.28. The Hall–Kier alpha value is -1.86. The van der Waals surface area contributed by atoms with Crippen LogP contribution in [0.15, 0.2) is 60.2 Å². The average molecular weight is 309 g/mol. The van der Waals surface area contributed by atoms with Crippen LogP contribution in [0, 0.1) is 0 Å². The normalized spacial score (nSPS) is 25.5. The summed E-state index contributed by atoms with van der Waals surface area (Å²) in [6.45, 7) is 1.69. The van der Waals surface area contributed by atoms with Gasteiger partial charge in [0.1, 0.15) is 0 Å². The van der Waals surface area contributed by atoms with Crippen LogP contribution in [0.1, 0.15) is 47.8 Å². The van der Waals surface area contributed by atoms with Crippen LogP contribution in [-0.4, -0.2) is 5.78 Å². The lowest BCUT2D eigenvalue weighted by Crippen LogP contribution is -2.29. The largest absolute Gasteiger partial charge is 0.295 e. The molecule has 3 aliphatic carbocycles. The van der Waals surface area contributed by atoms with Crippen molar-refractivity contribution in [1.29, 1.82) is 0 Å². The monoisotopic (exact) mass is 308 g/mol. The van der Waals surface area contributed by atoms with Crippen molar-refractivity contribution in [3.05, 3.63) is 81.9 Å². The Morgan fingerprint density at radius 2 is 1.73 bits per heavy atom. The van der Waals surface area contributed by atoms with Crippen LogP contribution in [-0.2, 0) is 4.79 Å². The smallest absolute Gasteiger partial charge is 0.156 e. The van der Waals surface area contributed by atoms with Gasteiger partial charge in [0.05, 0.1) is 0 Å². The van der Waals surface area contributed by atoms with E-state index in [9.17, 15) is 4.79 Å². The van der Waals surface area contributed by atoms with Gasteiger partial charge in [-0.15, -0.1) is 0 Å². The molecule has 110 valence electrons. The fourth-order valence-electron chi connectivity index (χ4n) is 4.10. The summed E-state index contributed by atoms with van der Waals surface area (Å²) >= 11 is 6.02. The van der Waals surface area contributed by atoms with Crippen LogP contribution < -0.4 is 0 Å². The van der Waals surface area contributed by atoms with Gasteiger partial charge in [-0.1, -0.05) is 54.1 Å². The van der Waals surface area contributed by atoms with Crippen molar-refractivity contribution in [3.8, 4) is 0 Å². The summed E-state index contributed by atoms with van der Waals surface area (Å²) in [4.78, 5) is 12.0. The molecule has 3 unspecified atom stereocenters. The number of fused-ring (bicyclic) bond motifs is 1. The third-order valence-electron chi connectivity index (χ3n) is 5.09. The van der Waals surface area contributed by atoms with Crippen LogP contribution in [0.3, 0.4) is 0 Å². The molecule has 0 saturated carbocycles. The van der Waals surface area contributed by atoms with Crippen LogP contribution in [0.5, 0.6) is 0 Å². The van der Waals surface area contributed by atoms with Crippen molar-refractivity contribution < 1.29 is 4.79 Å². The van der Waals surface area contributed by atoms with E-state index in [1.807, 2.05) is 12.1 Å². The average Bonchev–Trinajstić information content (AvgIpc) is 2.55. The molecule has 2 bridgehead atoms. The zero-order valence-electron chi connectivity index (χ0n) is 12.4. The molecule has 0 spiro atoms. The third kappa shape index (κ3) is 2.04. The van der Waals surface area contributed by atoms with E-state index in [0.717, 1.165) is 17.0 Å². The molecular formula is C20H17ClO. The number of carbonyl (C=O) groups is 1. The van der Waals surface area contributed by atoms with Crippen molar-refractivity contribution in [2.24, 2.45) is 0 Å². The Kier molecular flexibility index (Phi) is 3.19. The molecule has 3 aliphatic rings. The molecule has 0 aliphatic heterocycles. The van der Waals surface area contributed by atoms with E-state index in [1.54, 1.807) is 6.92 Å². The van der Waals surface area contributed by atoms with E-state index in [2.05, 4.69) is 42.5 Å². The highest BCUT2D eigenvalue weighted by molar-refractivity contribution is 6.30. The van der Waals surface area contributed by atoms with E-state index in [-0.39, 0.29) is 11.7 Å². The van der Waals surface area contributed by atoms with Gasteiger partial charge in [-0.3, -0.25) is 4.79 Å². The molecule has 1 nitrogen and oxygen atoms in total. The van der Waals surface area contributed by atoms with Crippen molar-refractivity contribution >= 4 is 17.4 Å². The number of carbonyl (C=O) groups excluding carboxylic acids is 1. The highest BCUT2D eigenvalue weighted by atomic mass is 35.5. The standard InChI is InChI=1S/C20H17ClO/c1-12(22)17-10-20-16-5-3-2-4-15(16)19(17)11-18(20)13-6-8-14(21)9-7-13/h2-10,18-20H,11H2,1H3. The molecule has 5 rings (SSSR count). The van der Waals surface area contributed by atoms with Crippen LogP contribution in [0.4, 0.5) is 0 Å². The molecule has 0 N–H and O–H groups in total. The summed E-state index contributed by atoms with van der Waals surface area (Å²) in [7, 11) is 0. The van der Waals surface area contributed by atoms with Crippen molar-refractivity contribution in [2.45, 2.75) is 31.1 Å². The first kappa shape index (κ1) is 13.8. The molecule has 0 aromatic heterocycles. The van der Waals surface area contributed by atoms with Gasteiger partial charge in [0.15, 0.2) is 5.78 Å². The minimum atomic E-state index is 0.207. The highest BCUT2D eigenvalue weighted by Crippen LogP contribution is 2.55. The van der Waals surface area contributed by atoms with Crippen molar-refractivity contribution in [3.63, 3.8) is 0 Å². The number of ketones is 1. The van der Waals surface area contributed by atoms with E-state index >= 15 is 0 Å². The third-order valence-corrected chi connectivity index (χ3v) is 5.34. The van der Waals surface area contributed by atoms with E-state index in [0.29, 0.717) is 11.8 Å². The highest BCUT2D eigenvalue weighted by Gasteiger charge is 2.41. The molecule has 0 amide bonds. The molecule has 2 aromatic rings. The summed E-state index contributed by atoms with van der Waals surface area (Å²) < 4.78 is 0. The number of rotatable bonds is 2. The predicted molar refractivity (Wildman–Crippen MR) is 89.5 cm³/mol. The zero-order chi connectivity index (χ0) is 15.3. The molecule has 0 heterocycles. The Bertz CT molecular complexity index is 773. The molecule has 0 saturated heterocycles. The fourth-order valence-corrected chi connectivity index (χ4v) is 4.23. The van der Waals surface area contributed by atoms with Gasteiger partial charge in [0.25, 0.3) is 0 Å². The maximum atomic E-state index is 12.0. The number of Topliss-reactive ketones (excluding diaryl/α,β-unsaturated/α-hetero) is 1. The molecule has 3 atom stereocenters. The minimum absolute atomic E-state index is 0.207. The van der Waals surface area contributed by atoms with E-state index in [1.165, 1.54) is 16.7 Å². The quantitative estimate of drug-likeness (QED) is 0.743. The Balaban J connectivity index is 1.83. The van der Waals surface area contributed by atoms with Crippen molar-refractivity contribution in [2.75, 3.05) is 0 Å². The van der Waals surface area contributed by atoms with Crippen LogP contribution in [0.2, 0.25) is 5.02 Å². The Morgan fingerprint density at radius 1 is 1.05 bits per heavy atom.